The molecule has 0 saturated carbocycles. The Morgan fingerprint density at radius 2 is 1.91 bits per heavy atom. The predicted octanol–water partition coefficient (Wildman–Crippen LogP) is 3.02. The van der Waals surface area contributed by atoms with Crippen LogP contribution in [0.5, 0.6) is 23.0 Å². The molecule has 114 valence electrons. The third-order valence-corrected chi connectivity index (χ3v) is 3.25. The lowest BCUT2D eigenvalue weighted by Gasteiger charge is -2.09. The molecule has 0 aliphatic carbocycles. The van der Waals surface area contributed by atoms with Crippen LogP contribution >= 0.6 is 0 Å². The molecule has 0 amide bonds. The van der Waals surface area contributed by atoms with Crippen LogP contribution < -0.4 is 18.9 Å². The third kappa shape index (κ3) is 3.14. The summed E-state index contributed by atoms with van der Waals surface area (Å²) in [5, 5.41) is 0. The van der Waals surface area contributed by atoms with E-state index in [1.807, 2.05) is 32.0 Å². The van der Waals surface area contributed by atoms with Gasteiger partial charge in [-0.25, -0.2) is 4.79 Å². The average molecular weight is 300 g/mol. The molecule has 2 aromatic carbocycles. The molecular formula is C17H16O5. The molecule has 3 rings (SSSR count). The monoisotopic (exact) mass is 300 g/mol. The third-order valence-electron chi connectivity index (χ3n) is 3.25. The molecule has 0 radical (unpaired) electrons. The lowest BCUT2D eigenvalue weighted by Crippen LogP contribution is -2.18. The number of hydrogen-bond acceptors (Lipinski definition) is 5. The van der Waals surface area contributed by atoms with Crippen molar-refractivity contribution in [2.24, 2.45) is 0 Å². The Bertz CT molecular complexity index is 708. The molecule has 0 aromatic heterocycles. The van der Waals surface area contributed by atoms with E-state index in [0.29, 0.717) is 23.0 Å². The Kier molecular flexibility index (Phi) is 3.87. The second-order valence-corrected chi connectivity index (χ2v) is 5.05. The van der Waals surface area contributed by atoms with Crippen molar-refractivity contribution in [1.29, 1.82) is 0 Å². The fraction of sp³-hybridized carbons (Fsp3) is 0.235. The number of carbonyl (C=O) groups excluding carboxylic acids is 1. The number of esters is 1. The standard InChI is InChI=1S/C17H16O5/c1-11-3-5-14(12(2)7-11)19-9-17(18)22-13-4-6-15-16(8-13)21-10-20-15/h3-8H,9-10H2,1-2H3. The van der Waals surface area contributed by atoms with Gasteiger partial charge in [0.15, 0.2) is 18.1 Å². The van der Waals surface area contributed by atoms with Gasteiger partial charge in [0, 0.05) is 6.07 Å². The van der Waals surface area contributed by atoms with Crippen molar-refractivity contribution in [1.82, 2.24) is 0 Å². The highest BCUT2D eigenvalue weighted by Gasteiger charge is 2.15. The average Bonchev–Trinajstić information content (AvgIpc) is 2.94. The van der Waals surface area contributed by atoms with Crippen molar-refractivity contribution in [2.45, 2.75) is 13.8 Å². The Morgan fingerprint density at radius 1 is 1.09 bits per heavy atom. The molecule has 0 spiro atoms. The van der Waals surface area contributed by atoms with Crippen molar-refractivity contribution in [3.63, 3.8) is 0 Å². The first-order valence-electron chi connectivity index (χ1n) is 6.92. The summed E-state index contributed by atoms with van der Waals surface area (Å²) in [6.07, 6.45) is 0. The van der Waals surface area contributed by atoms with E-state index in [1.54, 1.807) is 18.2 Å². The number of hydrogen-bond donors (Lipinski definition) is 0. The Morgan fingerprint density at radius 3 is 2.73 bits per heavy atom. The first-order valence-corrected chi connectivity index (χ1v) is 6.92. The van der Waals surface area contributed by atoms with Crippen LogP contribution in [0.25, 0.3) is 0 Å². The molecule has 0 atom stereocenters. The van der Waals surface area contributed by atoms with Gasteiger partial charge >= 0.3 is 5.97 Å². The minimum Gasteiger partial charge on any atom is -0.482 e. The van der Waals surface area contributed by atoms with Gasteiger partial charge in [0.2, 0.25) is 6.79 Å². The number of carbonyl (C=O) groups is 1. The largest absolute Gasteiger partial charge is 0.482 e. The smallest absolute Gasteiger partial charge is 0.349 e. The number of aryl methyl sites for hydroxylation is 2. The zero-order chi connectivity index (χ0) is 15.5. The van der Waals surface area contributed by atoms with E-state index >= 15 is 0 Å². The van der Waals surface area contributed by atoms with Gasteiger partial charge in [-0.15, -0.1) is 0 Å². The molecule has 1 heterocycles. The quantitative estimate of drug-likeness (QED) is 0.642. The van der Waals surface area contributed by atoms with Crippen molar-refractivity contribution < 1.29 is 23.7 Å². The summed E-state index contributed by atoms with van der Waals surface area (Å²) in [6, 6.07) is 10.8. The van der Waals surface area contributed by atoms with Crippen LogP contribution in [0.2, 0.25) is 0 Å². The SMILES string of the molecule is Cc1ccc(OCC(=O)Oc2ccc3c(c2)OCO3)c(C)c1. The van der Waals surface area contributed by atoms with Gasteiger partial charge in [-0.1, -0.05) is 17.7 Å². The predicted molar refractivity (Wildman–Crippen MR) is 79.6 cm³/mol. The van der Waals surface area contributed by atoms with Crippen LogP contribution in [0.3, 0.4) is 0 Å². The second kappa shape index (κ2) is 5.97. The van der Waals surface area contributed by atoms with Gasteiger partial charge in [-0.2, -0.15) is 0 Å². The van der Waals surface area contributed by atoms with Crippen molar-refractivity contribution in [3.05, 3.63) is 47.5 Å². The maximum absolute atomic E-state index is 11.8. The van der Waals surface area contributed by atoms with Crippen LogP contribution in [-0.4, -0.2) is 19.4 Å². The highest BCUT2D eigenvalue weighted by atomic mass is 16.7. The fourth-order valence-electron chi connectivity index (χ4n) is 2.20. The van der Waals surface area contributed by atoms with Crippen molar-refractivity contribution in [2.75, 3.05) is 13.4 Å². The highest BCUT2D eigenvalue weighted by molar-refractivity contribution is 5.74. The first-order chi connectivity index (χ1) is 10.6. The number of fused-ring (bicyclic) bond motifs is 1. The molecule has 2 aromatic rings. The first kappa shape index (κ1) is 14.3. The maximum atomic E-state index is 11.8. The molecule has 5 nitrogen and oxygen atoms in total. The summed E-state index contributed by atoms with van der Waals surface area (Å²) in [5.74, 6) is 1.82. The molecular weight excluding hydrogens is 284 g/mol. The Balaban J connectivity index is 1.58. The van der Waals surface area contributed by atoms with Crippen LogP contribution in [0.1, 0.15) is 11.1 Å². The normalized spacial score (nSPS) is 12.1. The Labute approximate surface area is 128 Å². The molecule has 1 aliphatic rings. The molecule has 0 bridgehead atoms. The van der Waals surface area contributed by atoms with E-state index in [2.05, 4.69) is 0 Å². The summed E-state index contributed by atoms with van der Waals surface area (Å²) >= 11 is 0. The summed E-state index contributed by atoms with van der Waals surface area (Å²) in [6.45, 7) is 3.97. The van der Waals surface area contributed by atoms with Gasteiger partial charge in [-0.3, -0.25) is 0 Å². The van der Waals surface area contributed by atoms with Crippen LogP contribution in [0, 0.1) is 13.8 Å². The maximum Gasteiger partial charge on any atom is 0.349 e. The van der Waals surface area contributed by atoms with Gasteiger partial charge in [-0.05, 0) is 37.6 Å². The van der Waals surface area contributed by atoms with E-state index in [0.717, 1.165) is 11.1 Å². The fourth-order valence-corrected chi connectivity index (χ4v) is 2.20. The summed E-state index contributed by atoms with van der Waals surface area (Å²) in [7, 11) is 0. The highest BCUT2D eigenvalue weighted by Crippen LogP contribution is 2.35. The molecule has 0 fully saturated rings. The number of ether oxygens (including phenoxy) is 4. The van der Waals surface area contributed by atoms with E-state index < -0.39 is 5.97 Å². The van der Waals surface area contributed by atoms with E-state index in [-0.39, 0.29) is 13.4 Å². The molecule has 0 unspecified atom stereocenters. The van der Waals surface area contributed by atoms with Crippen LogP contribution in [-0.2, 0) is 4.79 Å². The lowest BCUT2D eigenvalue weighted by atomic mass is 10.1. The van der Waals surface area contributed by atoms with Crippen molar-refractivity contribution in [3.8, 4) is 23.0 Å². The van der Waals surface area contributed by atoms with E-state index in [4.69, 9.17) is 18.9 Å². The molecule has 0 N–H and O–H groups in total. The van der Waals surface area contributed by atoms with Gasteiger partial charge < -0.3 is 18.9 Å². The summed E-state index contributed by atoms with van der Waals surface area (Å²) in [4.78, 5) is 11.8. The molecule has 1 aliphatic heterocycles. The number of rotatable bonds is 4. The zero-order valence-corrected chi connectivity index (χ0v) is 12.4. The van der Waals surface area contributed by atoms with Crippen LogP contribution in [0.4, 0.5) is 0 Å². The van der Waals surface area contributed by atoms with Crippen LogP contribution in [0.15, 0.2) is 36.4 Å². The minimum atomic E-state index is -0.473. The molecule has 22 heavy (non-hydrogen) atoms. The van der Waals surface area contributed by atoms with E-state index in [9.17, 15) is 4.79 Å². The summed E-state index contributed by atoms with van der Waals surface area (Å²) in [5.41, 5.74) is 2.13. The minimum absolute atomic E-state index is 0.154. The van der Waals surface area contributed by atoms with Crippen molar-refractivity contribution >= 4 is 5.97 Å². The van der Waals surface area contributed by atoms with Gasteiger partial charge in [0.25, 0.3) is 0 Å². The lowest BCUT2D eigenvalue weighted by molar-refractivity contribution is -0.136. The molecule has 0 saturated heterocycles. The van der Waals surface area contributed by atoms with Gasteiger partial charge in [0.05, 0.1) is 0 Å². The second-order valence-electron chi connectivity index (χ2n) is 5.05. The zero-order valence-electron chi connectivity index (χ0n) is 12.4. The summed E-state index contributed by atoms with van der Waals surface area (Å²) < 4.78 is 21.1. The topological polar surface area (TPSA) is 54.0 Å². The van der Waals surface area contributed by atoms with E-state index in [1.165, 1.54) is 0 Å². The molecule has 5 heteroatoms. The Hall–Kier alpha value is -2.69. The van der Waals surface area contributed by atoms with Gasteiger partial charge in [0.1, 0.15) is 11.5 Å². The number of benzene rings is 2.